The largest absolute Gasteiger partial charge is 0.497 e. The summed E-state index contributed by atoms with van der Waals surface area (Å²) in [6.45, 7) is 0.487. The normalized spacial score (nSPS) is 10.2. The van der Waals surface area contributed by atoms with Crippen molar-refractivity contribution in [1.82, 2.24) is 15.1 Å². The summed E-state index contributed by atoms with van der Waals surface area (Å²) in [6, 6.07) is 7.55. The molecule has 0 aliphatic rings. The minimum atomic E-state index is -0.189. The molecule has 6 nitrogen and oxygen atoms in total. The van der Waals surface area contributed by atoms with Crippen molar-refractivity contribution in [1.29, 1.82) is 0 Å². The van der Waals surface area contributed by atoms with Crippen molar-refractivity contribution >= 4 is 11.6 Å². The van der Waals surface area contributed by atoms with Gasteiger partial charge in [0.2, 0.25) is 0 Å². The average molecular weight is 260 g/mol. The highest BCUT2D eigenvalue weighted by Crippen LogP contribution is 2.14. The number of ether oxygens (including phenoxy) is 1. The molecule has 2 rings (SSSR count). The molecule has 0 unspecified atom stereocenters. The fourth-order valence-electron chi connectivity index (χ4n) is 1.73. The number of anilines is 1. The second kappa shape index (κ2) is 5.43. The predicted molar refractivity (Wildman–Crippen MR) is 71.8 cm³/mol. The first kappa shape index (κ1) is 12.9. The molecule has 0 saturated heterocycles. The van der Waals surface area contributed by atoms with Gasteiger partial charge in [-0.25, -0.2) is 0 Å². The van der Waals surface area contributed by atoms with E-state index in [0.29, 0.717) is 17.9 Å². The third-order valence-corrected chi connectivity index (χ3v) is 2.81. The minimum Gasteiger partial charge on any atom is -0.497 e. The third kappa shape index (κ3) is 2.85. The van der Waals surface area contributed by atoms with Crippen LogP contribution < -0.4 is 10.5 Å². The maximum Gasteiger partial charge on any atom is 0.274 e. The van der Waals surface area contributed by atoms with Crippen LogP contribution in [0.2, 0.25) is 0 Å². The topological polar surface area (TPSA) is 84.2 Å². The SMILES string of the molecule is COc1ccc(CN(C)C(=O)c2[nH]ncc2N)cc1. The molecule has 100 valence electrons. The highest BCUT2D eigenvalue weighted by molar-refractivity contribution is 5.96. The average Bonchev–Trinajstić information content (AvgIpc) is 2.85. The van der Waals surface area contributed by atoms with Crippen LogP contribution in [0.1, 0.15) is 16.1 Å². The summed E-state index contributed by atoms with van der Waals surface area (Å²) < 4.78 is 5.09. The monoisotopic (exact) mass is 260 g/mol. The molecule has 0 aliphatic heterocycles. The molecule has 1 heterocycles. The number of hydrogen-bond donors (Lipinski definition) is 2. The number of nitrogen functional groups attached to an aromatic ring is 1. The number of carbonyl (C=O) groups excluding carboxylic acids is 1. The number of benzene rings is 1. The van der Waals surface area contributed by atoms with Crippen LogP contribution in [0.15, 0.2) is 30.5 Å². The summed E-state index contributed by atoms with van der Waals surface area (Å²) in [5.41, 5.74) is 7.33. The molecule has 0 saturated carbocycles. The van der Waals surface area contributed by atoms with Crippen LogP contribution >= 0.6 is 0 Å². The standard InChI is InChI=1S/C13H16N4O2/c1-17(13(18)12-11(14)7-15-16-12)8-9-3-5-10(19-2)6-4-9/h3-7H,8,14H2,1-2H3,(H,15,16). The molecule has 19 heavy (non-hydrogen) atoms. The van der Waals surface area contributed by atoms with Crippen LogP contribution in [0.25, 0.3) is 0 Å². The van der Waals surface area contributed by atoms with Crippen LogP contribution in [-0.2, 0) is 6.54 Å². The van der Waals surface area contributed by atoms with E-state index in [4.69, 9.17) is 10.5 Å². The Balaban J connectivity index is 2.06. The van der Waals surface area contributed by atoms with Crippen LogP contribution in [0.5, 0.6) is 5.75 Å². The molecule has 0 radical (unpaired) electrons. The van der Waals surface area contributed by atoms with Crippen molar-refractivity contribution < 1.29 is 9.53 Å². The summed E-state index contributed by atoms with van der Waals surface area (Å²) in [5.74, 6) is 0.598. The summed E-state index contributed by atoms with van der Waals surface area (Å²) in [5, 5.41) is 6.34. The van der Waals surface area contributed by atoms with Crippen molar-refractivity contribution in [2.24, 2.45) is 0 Å². The first-order chi connectivity index (χ1) is 9.11. The fraction of sp³-hybridized carbons (Fsp3) is 0.231. The number of carbonyl (C=O) groups is 1. The van der Waals surface area contributed by atoms with Gasteiger partial charge in [-0.1, -0.05) is 12.1 Å². The van der Waals surface area contributed by atoms with Gasteiger partial charge in [-0.15, -0.1) is 0 Å². The van der Waals surface area contributed by atoms with Gasteiger partial charge < -0.3 is 15.4 Å². The second-order valence-corrected chi connectivity index (χ2v) is 4.21. The Morgan fingerprint density at radius 3 is 2.63 bits per heavy atom. The van der Waals surface area contributed by atoms with Gasteiger partial charge in [0, 0.05) is 13.6 Å². The lowest BCUT2D eigenvalue weighted by molar-refractivity contribution is 0.0780. The Morgan fingerprint density at radius 2 is 2.11 bits per heavy atom. The minimum absolute atomic E-state index is 0.189. The van der Waals surface area contributed by atoms with E-state index < -0.39 is 0 Å². The number of amides is 1. The van der Waals surface area contributed by atoms with Crippen molar-refractivity contribution in [3.05, 3.63) is 41.7 Å². The summed E-state index contributed by atoms with van der Waals surface area (Å²) in [7, 11) is 3.33. The number of hydrogen-bond acceptors (Lipinski definition) is 4. The number of aromatic amines is 1. The molecule has 6 heteroatoms. The number of nitrogens with two attached hydrogens (primary N) is 1. The van der Waals surface area contributed by atoms with Gasteiger partial charge >= 0.3 is 0 Å². The molecule has 3 N–H and O–H groups in total. The Kier molecular flexibility index (Phi) is 3.70. The first-order valence-corrected chi connectivity index (χ1v) is 5.79. The lowest BCUT2D eigenvalue weighted by Gasteiger charge is -2.16. The van der Waals surface area contributed by atoms with Crippen LogP contribution in [0.4, 0.5) is 5.69 Å². The van der Waals surface area contributed by atoms with E-state index in [2.05, 4.69) is 10.2 Å². The Morgan fingerprint density at radius 1 is 1.42 bits per heavy atom. The van der Waals surface area contributed by atoms with Crippen LogP contribution in [0.3, 0.4) is 0 Å². The number of H-pyrrole nitrogens is 1. The second-order valence-electron chi connectivity index (χ2n) is 4.21. The number of aromatic nitrogens is 2. The van der Waals surface area contributed by atoms with Gasteiger partial charge in [0.15, 0.2) is 0 Å². The summed E-state index contributed by atoms with van der Waals surface area (Å²) in [4.78, 5) is 13.7. The lowest BCUT2D eigenvalue weighted by Crippen LogP contribution is -2.27. The first-order valence-electron chi connectivity index (χ1n) is 5.79. The number of rotatable bonds is 4. The van der Waals surface area contributed by atoms with Gasteiger partial charge in [-0.2, -0.15) is 5.10 Å². The number of nitrogens with zero attached hydrogens (tertiary/aromatic N) is 2. The van der Waals surface area contributed by atoms with Crippen molar-refractivity contribution in [2.45, 2.75) is 6.54 Å². The Bertz CT molecular complexity index is 562. The maximum atomic E-state index is 12.1. The highest BCUT2D eigenvalue weighted by atomic mass is 16.5. The third-order valence-electron chi connectivity index (χ3n) is 2.81. The van der Waals surface area contributed by atoms with Crippen molar-refractivity contribution in [3.8, 4) is 5.75 Å². The molecular weight excluding hydrogens is 244 g/mol. The van der Waals surface area contributed by atoms with E-state index in [1.165, 1.54) is 6.20 Å². The molecular formula is C13H16N4O2. The van der Waals surface area contributed by atoms with E-state index in [0.717, 1.165) is 11.3 Å². The maximum absolute atomic E-state index is 12.1. The Labute approximate surface area is 111 Å². The zero-order chi connectivity index (χ0) is 13.8. The highest BCUT2D eigenvalue weighted by Gasteiger charge is 2.16. The van der Waals surface area contributed by atoms with E-state index in [9.17, 15) is 4.79 Å². The van der Waals surface area contributed by atoms with E-state index in [-0.39, 0.29) is 5.91 Å². The quantitative estimate of drug-likeness (QED) is 0.867. The van der Waals surface area contributed by atoms with E-state index in [1.54, 1.807) is 19.1 Å². The van der Waals surface area contributed by atoms with Gasteiger partial charge in [0.25, 0.3) is 5.91 Å². The van der Waals surface area contributed by atoms with E-state index in [1.807, 2.05) is 24.3 Å². The Hall–Kier alpha value is -2.50. The van der Waals surface area contributed by atoms with Gasteiger partial charge in [-0.05, 0) is 17.7 Å². The molecule has 0 bridgehead atoms. The molecule has 1 aromatic carbocycles. The summed E-state index contributed by atoms with van der Waals surface area (Å²) >= 11 is 0. The predicted octanol–water partition coefficient (Wildman–Crippen LogP) is 1.27. The number of methoxy groups -OCH3 is 1. The lowest BCUT2D eigenvalue weighted by atomic mass is 10.2. The summed E-state index contributed by atoms with van der Waals surface area (Å²) in [6.07, 6.45) is 1.43. The number of nitrogens with one attached hydrogen (secondary N) is 1. The molecule has 0 spiro atoms. The molecule has 1 amide bonds. The van der Waals surface area contributed by atoms with E-state index >= 15 is 0 Å². The zero-order valence-electron chi connectivity index (χ0n) is 10.9. The smallest absolute Gasteiger partial charge is 0.274 e. The molecule has 2 aromatic rings. The molecule has 0 atom stereocenters. The van der Waals surface area contributed by atoms with Gasteiger partial charge in [-0.3, -0.25) is 9.89 Å². The molecule has 0 aliphatic carbocycles. The molecule has 1 aromatic heterocycles. The van der Waals surface area contributed by atoms with Gasteiger partial charge in [0.1, 0.15) is 11.4 Å². The zero-order valence-corrected chi connectivity index (χ0v) is 10.9. The fourth-order valence-corrected chi connectivity index (χ4v) is 1.73. The van der Waals surface area contributed by atoms with Crippen molar-refractivity contribution in [2.75, 3.05) is 19.9 Å². The van der Waals surface area contributed by atoms with Gasteiger partial charge in [0.05, 0.1) is 19.0 Å². The molecule has 0 fully saturated rings. The van der Waals surface area contributed by atoms with Crippen molar-refractivity contribution in [3.63, 3.8) is 0 Å². The van der Waals surface area contributed by atoms with Crippen LogP contribution in [0, 0.1) is 0 Å². The van der Waals surface area contributed by atoms with Crippen LogP contribution in [-0.4, -0.2) is 35.2 Å².